The molecule has 1 heterocycles. The third-order valence-electron chi connectivity index (χ3n) is 2.44. The molecule has 20 heavy (non-hydrogen) atoms. The lowest BCUT2D eigenvalue weighted by Gasteiger charge is -2.22. The number of nitrogens with zero attached hydrogens (tertiary/aromatic N) is 3. The number of aromatic nitrogens is 2. The quantitative estimate of drug-likeness (QED) is 0.487. The molecule has 0 spiro atoms. The molecule has 9 heteroatoms. The summed E-state index contributed by atoms with van der Waals surface area (Å²) in [5.41, 5.74) is -1.19. The van der Waals surface area contributed by atoms with E-state index < -0.39 is 10.5 Å². The van der Waals surface area contributed by atoms with Crippen LogP contribution in [0.2, 0.25) is 0 Å². The fourth-order valence-electron chi connectivity index (χ4n) is 1.61. The molecule has 1 atom stereocenters. The first kappa shape index (κ1) is 16.4. The predicted molar refractivity (Wildman–Crippen MR) is 80.3 cm³/mol. The number of hydrogen-bond donors (Lipinski definition) is 3. The van der Waals surface area contributed by atoms with Crippen molar-refractivity contribution in [2.45, 2.75) is 19.4 Å². The summed E-state index contributed by atoms with van der Waals surface area (Å²) in [6.45, 7) is 4.16. The van der Waals surface area contributed by atoms with Crippen molar-refractivity contribution < 1.29 is 10.0 Å². The lowest BCUT2D eigenvalue weighted by atomic mass is 10.1. The van der Waals surface area contributed by atoms with Crippen LogP contribution in [0.4, 0.5) is 17.3 Å². The summed E-state index contributed by atoms with van der Waals surface area (Å²) >= 11 is 1.50. The van der Waals surface area contributed by atoms with Crippen LogP contribution in [0.25, 0.3) is 0 Å². The summed E-state index contributed by atoms with van der Waals surface area (Å²) in [5, 5.41) is 26.9. The molecule has 0 aliphatic heterocycles. The van der Waals surface area contributed by atoms with Gasteiger partial charge in [0.15, 0.2) is 0 Å². The minimum absolute atomic E-state index is 0.0994. The van der Waals surface area contributed by atoms with E-state index in [1.54, 1.807) is 6.92 Å². The van der Waals surface area contributed by atoms with E-state index in [-0.39, 0.29) is 23.9 Å². The summed E-state index contributed by atoms with van der Waals surface area (Å²) in [6, 6.07) is 0. The molecule has 0 aromatic carbocycles. The van der Waals surface area contributed by atoms with Gasteiger partial charge in [-0.25, -0.2) is 9.97 Å². The Morgan fingerprint density at radius 3 is 2.55 bits per heavy atom. The molecule has 0 radical (unpaired) electrons. The molecule has 1 aromatic heterocycles. The van der Waals surface area contributed by atoms with E-state index in [2.05, 4.69) is 20.6 Å². The molecule has 8 nitrogen and oxygen atoms in total. The van der Waals surface area contributed by atoms with Crippen LogP contribution in [-0.4, -0.2) is 50.7 Å². The summed E-state index contributed by atoms with van der Waals surface area (Å²) in [7, 11) is 0. The molecule has 0 bridgehead atoms. The van der Waals surface area contributed by atoms with Crippen LogP contribution in [0, 0.1) is 10.1 Å². The molecule has 0 saturated carbocycles. The van der Waals surface area contributed by atoms with Gasteiger partial charge >= 0.3 is 5.69 Å². The standard InChI is InChI=1S/C11H19N5O3S/c1-4-12-9-8(16(18)19)10(15-7-14-9)13-5-11(2,17)6-20-3/h7,17H,4-6H2,1-3H3,(H2,12,13,14,15). The maximum absolute atomic E-state index is 11.1. The minimum Gasteiger partial charge on any atom is -0.387 e. The number of anilines is 2. The zero-order valence-corrected chi connectivity index (χ0v) is 12.5. The van der Waals surface area contributed by atoms with Crippen LogP contribution in [-0.2, 0) is 0 Å². The Balaban J connectivity index is 2.94. The van der Waals surface area contributed by atoms with Gasteiger partial charge in [-0.05, 0) is 20.1 Å². The van der Waals surface area contributed by atoms with Gasteiger partial charge in [0, 0.05) is 18.8 Å². The van der Waals surface area contributed by atoms with Crippen molar-refractivity contribution in [3.05, 3.63) is 16.4 Å². The molecule has 1 aromatic rings. The lowest BCUT2D eigenvalue weighted by molar-refractivity contribution is -0.383. The Kier molecular flexibility index (Phi) is 5.96. The SMILES string of the molecule is CCNc1ncnc(NCC(C)(O)CSC)c1[N+](=O)[O-]. The maximum Gasteiger partial charge on any atom is 0.353 e. The van der Waals surface area contributed by atoms with E-state index in [9.17, 15) is 15.2 Å². The average molecular weight is 301 g/mol. The highest BCUT2D eigenvalue weighted by atomic mass is 32.2. The Labute approximate surface area is 121 Å². The topological polar surface area (TPSA) is 113 Å². The molecular weight excluding hydrogens is 282 g/mol. The molecule has 0 saturated heterocycles. The van der Waals surface area contributed by atoms with Gasteiger partial charge < -0.3 is 15.7 Å². The van der Waals surface area contributed by atoms with Gasteiger partial charge in [0.2, 0.25) is 11.6 Å². The number of nitrogens with one attached hydrogen (secondary N) is 2. The van der Waals surface area contributed by atoms with Crippen molar-refractivity contribution >= 4 is 29.1 Å². The van der Waals surface area contributed by atoms with Crippen LogP contribution < -0.4 is 10.6 Å². The van der Waals surface area contributed by atoms with Gasteiger partial charge in [-0.15, -0.1) is 0 Å². The van der Waals surface area contributed by atoms with Gasteiger partial charge in [-0.1, -0.05) is 0 Å². The molecule has 0 aliphatic rings. The monoisotopic (exact) mass is 301 g/mol. The molecule has 112 valence electrons. The molecule has 0 fully saturated rings. The average Bonchev–Trinajstić information content (AvgIpc) is 2.36. The highest BCUT2D eigenvalue weighted by Crippen LogP contribution is 2.29. The fraction of sp³-hybridized carbons (Fsp3) is 0.636. The Hall–Kier alpha value is -1.61. The van der Waals surface area contributed by atoms with Gasteiger partial charge in [0.25, 0.3) is 0 Å². The van der Waals surface area contributed by atoms with Crippen LogP contribution in [0.1, 0.15) is 13.8 Å². The first-order valence-electron chi connectivity index (χ1n) is 6.09. The highest BCUT2D eigenvalue weighted by Gasteiger charge is 2.25. The third kappa shape index (κ3) is 4.49. The second-order valence-corrected chi connectivity index (χ2v) is 5.36. The highest BCUT2D eigenvalue weighted by molar-refractivity contribution is 7.98. The second kappa shape index (κ2) is 7.25. The number of nitro groups is 1. The largest absolute Gasteiger partial charge is 0.387 e. The Morgan fingerprint density at radius 1 is 1.45 bits per heavy atom. The van der Waals surface area contributed by atoms with Crippen LogP contribution >= 0.6 is 11.8 Å². The third-order valence-corrected chi connectivity index (χ3v) is 3.35. The van der Waals surface area contributed by atoms with Gasteiger partial charge in [0.1, 0.15) is 6.33 Å². The van der Waals surface area contributed by atoms with Crippen molar-refractivity contribution in [2.24, 2.45) is 0 Å². The molecule has 3 N–H and O–H groups in total. The van der Waals surface area contributed by atoms with Crippen molar-refractivity contribution in [3.63, 3.8) is 0 Å². The predicted octanol–water partition coefficient (Wildman–Crippen LogP) is 1.34. The molecule has 0 amide bonds. The molecular formula is C11H19N5O3S. The molecule has 0 aliphatic carbocycles. The van der Waals surface area contributed by atoms with E-state index in [1.165, 1.54) is 18.1 Å². The van der Waals surface area contributed by atoms with E-state index >= 15 is 0 Å². The molecule has 1 unspecified atom stereocenters. The van der Waals surface area contributed by atoms with Crippen LogP contribution in [0.3, 0.4) is 0 Å². The molecule has 1 rings (SSSR count). The van der Waals surface area contributed by atoms with E-state index in [4.69, 9.17) is 0 Å². The summed E-state index contributed by atoms with van der Waals surface area (Å²) in [6.07, 6.45) is 3.13. The number of hydrogen-bond acceptors (Lipinski definition) is 8. The number of aliphatic hydroxyl groups is 1. The van der Waals surface area contributed by atoms with Crippen molar-refractivity contribution in [1.29, 1.82) is 0 Å². The van der Waals surface area contributed by atoms with Crippen molar-refractivity contribution in [1.82, 2.24) is 9.97 Å². The fourth-order valence-corrected chi connectivity index (χ4v) is 2.34. The van der Waals surface area contributed by atoms with Crippen molar-refractivity contribution in [3.8, 4) is 0 Å². The summed E-state index contributed by atoms with van der Waals surface area (Å²) < 4.78 is 0. The van der Waals surface area contributed by atoms with Gasteiger partial charge in [0.05, 0.1) is 10.5 Å². The maximum atomic E-state index is 11.1. The van der Waals surface area contributed by atoms with Crippen LogP contribution in [0.15, 0.2) is 6.33 Å². The summed E-state index contributed by atoms with van der Waals surface area (Å²) in [4.78, 5) is 18.4. The van der Waals surface area contributed by atoms with Crippen molar-refractivity contribution in [2.75, 3.05) is 35.7 Å². The van der Waals surface area contributed by atoms with E-state index in [0.717, 1.165) is 0 Å². The first-order valence-corrected chi connectivity index (χ1v) is 7.49. The Bertz CT molecular complexity index is 469. The van der Waals surface area contributed by atoms with Gasteiger partial charge in [-0.3, -0.25) is 10.1 Å². The minimum atomic E-state index is -0.976. The second-order valence-electron chi connectivity index (χ2n) is 4.49. The van der Waals surface area contributed by atoms with Crippen LogP contribution in [0.5, 0.6) is 0 Å². The normalized spacial score (nSPS) is 13.6. The number of thioether (sulfide) groups is 1. The first-order chi connectivity index (χ1) is 9.41. The smallest absolute Gasteiger partial charge is 0.353 e. The lowest BCUT2D eigenvalue weighted by Crippen LogP contribution is -2.36. The van der Waals surface area contributed by atoms with Gasteiger partial charge in [-0.2, -0.15) is 11.8 Å². The summed E-state index contributed by atoms with van der Waals surface area (Å²) in [5.74, 6) is 0.778. The van der Waals surface area contributed by atoms with E-state index in [1.807, 2.05) is 13.2 Å². The zero-order valence-electron chi connectivity index (χ0n) is 11.7. The number of rotatable bonds is 8. The van der Waals surface area contributed by atoms with E-state index in [0.29, 0.717) is 12.3 Å². The Morgan fingerprint density at radius 2 is 2.05 bits per heavy atom. The zero-order chi connectivity index (χ0) is 15.2.